The molecular formula is C112H103N5O8. The van der Waals surface area contributed by atoms with Crippen molar-refractivity contribution in [1.82, 2.24) is 24.9 Å². The number of benzene rings is 15. The normalized spacial score (nSPS) is 12.6. The number of fused-ring (bicyclic) bond motifs is 32. The molecule has 5 aliphatic carbocycles. The second kappa shape index (κ2) is 31.7. The fourth-order valence-corrected chi connectivity index (χ4v) is 20.2. The third kappa shape index (κ3) is 13.4. The highest BCUT2D eigenvalue weighted by Gasteiger charge is 2.34. The van der Waals surface area contributed by atoms with Gasteiger partial charge in [-0.2, -0.15) is 0 Å². The van der Waals surface area contributed by atoms with E-state index in [2.05, 4.69) is 242 Å². The molecule has 0 unspecified atom stereocenters. The highest BCUT2D eigenvalue weighted by Crippen LogP contribution is 2.55. The van der Waals surface area contributed by atoms with Crippen LogP contribution in [-0.4, -0.2) is 50.4 Å². The number of carbonyl (C=O) groups is 2. The zero-order valence-corrected chi connectivity index (χ0v) is 66.7. The molecule has 0 fully saturated rings. The summed E-state index contributed by atoms with van der Waals surface area (Å²) in [6, 6.07) is 84.4. The molecule has 13 heteroatoms. The van der Waals surface area contributed by atoms with Crippen LogP contribution in [0.5, 0.6) is 34.5 Å². The van der Waals surface area contributed by atoms with Gasteiger partial charge in [0.15, 0.2) is 28.7 Å². The number of rotatable bonds is 2. The minimum absolute atomic E-state index is 0. The van der Waals surface area contributed by atoms with Crippen molar-refractivity contribution in [3.8, 4) is 90.1 Å². The number of H-pyrrole nitrogens is 5. The van der Waals surface area contributed by atoms with E-state index in [0.29, 0.717) is 37.0 Å². The van der Waals surface area contributed by atoms with Crippen molar-refractivity contribution >= 4 is 121 Å². The third-order valence-electron chi connectivity index (χ3n) is 25.5. The van der Waals surface area contributed by atoms with Gasteiger partial charge in [-0.05, 0) is 262 Å². The molecule has 27 rings (SSSR count). The Hall–Kier alpha value is -14.6. The van der Waals surface area contributed by atoms with Gasteiger partial charge < -0.3 is 53.3 Å². The lowest BCUT2D eigenvalue weighted by Crippen LogP contribution is -2.07. The lowest BCUT2D eigenvalue weighted by Gasteiger charge is -2.15. The topological polar surface area (TPSA) is 168 Å². The molecule has 7 aliphatic rings. The third-order valence-corrected chi connectivity index (χ3v) is 25.5. The number of aryl methyl sites for hydroxylation is 5. The quantitative estimate of drug-likeness (QED) is 0.0842. The van der Waals surface area contributed by atoms with E-state index in [9.17, 15) is 9.59 Å². The maximum atomic E-state index is 11.9. The van der Waals surface area contributed by atoms with Gasteiger partial charge in [-0.15, -0.1) is 0 Å². The van der Waals surface area contributed by atoms with E-state index in [-0.39, 0.29) is 50.5 Å². The average Bonchev–Trinajstić information content (AvgIpc) is 1.56. The van der Waals surface area contributed by atoms with E-state index in [1.807, 2.05) is 54.6 Å². The van der Waals surface area contributed by atoms with E-state index in [4.69, 9.17) is 28.4 Å². The predicted molar refractivity (Wildman–Crippen MR) is 519 cm³/mol. The summed E-state index contributed by atoms with van der Waals surface area (Å²) in [5.41, 5.74) is 44.1. The fourth-order valence-electron chi connectivity index (χ4n) is 20.2. The van der Waals surface area contributed by atoms with E-state index >= 15 is 0 Å². The van der Waals surface area contributed by atoms with Crippen molar-refractivity contribution in [2.75, 3.05) is 13.6 Å². The molecule has 0 spiro atoms. The molecule has 13 nitrogen and oxygen atoms in total. The Kier molecular flexibility index (Phi) is 21.0. The standard InChI is InChI=1S/C23H17NO4.C21H13NO4.2C21H17N.C20H15N.6CH4/c1-12(25)27-22-17-11-14-7-3-4-8-15(14)19(17)23(28-13(2)26)21-20(22)16-9-5-6-10-18(16)24-21;1-10-2-14-15-6-20-21(26-9-25-20)7-17(15)22-16(14)4-12(10)13-5-19-18(3-11(1)13)23-8-24-19;1-12-7-8-19-17(9-12)18-11-15-10-14-5-3-4-6-16(14)20(15)13(2)21(18)22-19;1-12-7-8-17-18-11-15-10-14-5-3-4-6-16(14)20(15)13(2)21(18)22-19(17)9-12;1-12-6-7-15-13(8-12)9-14-10-18-16-4-2-3-5-19(16)21-20(18)11-17(14)15;;;;;;/h3-10,24H,11H2,1-2H3;2-7,22H,1,8-9H2;2*3-9,11,22H,10H2,1-2H3;2-8,10-11,21H,9H2,1H3;6*1H4. The summed E-state index contributed by atoms with van der Waals surface area (Å²) in [7, 11) is 0. The van der Waals surface area contributed by atoms with E-state index < -0.39 is 5.97 Å². The molecule has 2 aliphatic heterocycles. The van der Waals surface area contributed by atoms with Gasteiger partial charge in [0.05, 0.1) is 27.5 Å². The van der Waals surface area contributed by atoms with Crippen molar-refractivity contribution in [2.45, 2.75) is 125 Å². The summed E-state index contributed by atoms with van der Waals surface area (Å²) >= 11 is 0. The second-order valence-corrected chi connectivity index (χ2v) is 32.9. The van der Waals surface area contributed by atoms with Crippen molar-refractivity contribution in [3.05, 3.63) is 320 Å². The Labute approximate surface area is 728 Å². The van der Waals surface area contributed by atoms with Crippen LogP contribution in [0, 0.1) is 34.6 Å². The fraction of sp³-hybridized carbons (Fsp3) is 0.179. The van der Waals surface area contributed by atoms with Crippen LogP contribution >= 0.6 is 0 Å². The van der Waals surface area contributed by atoms with Crippen LogP contribution in [0.1, 0.15) is 142 Å². The van der Waals surface area contributed by atoms with Crippen LogP contribution in [0.4, 0.5) is 0 Å². The number of nitrogens with one attached hydrogen (secondary N) is 5. The molecule has 5 N–H and O–H groups in total. The number of esters is 2. The SMILES string of the molecule is C.C.C.C.C.C.CC(=O)Oc1c2c(c(OC(C)=O)c3c1[nH]c1ccccc13)Cc1ccccc1-2.Cc1ccc2[nH]c3c(C)c4c(cc3c2c1)Cc1ccccc1-4.Cc1ccc2c(c1)Cc1cc3c(cc1-2)[nH]c1ccccc13.Cc1ccc2c(c1)[nH]c1c(C)c3c(cc12)Cc1ccccc1-3.c1c2c(cc3c1OCO3)-c1cc3[nH]c4cc5c(cc4c3cc1C2)OCO5. The first-order valence-electron chi connectivity index (χ1n) is 40.9. The summed E-state index contributed by atoms with van der Waals surface area (Å²) in [4.78, 5) is 41.6. The largest absolute Gasteiger partial charge is 0.454 e. The van der Waals surface area contributed by atoms with Crippen LogP contribution in [0.3, 0.4) is 0 Å². The molecule has 0 saturated carbocycles. The van der Waals surface area contributed by atoms with E-state index in [0.717, 1.165) is 104 Å². The first-order chi connectivity index (χ1) is 58.1. The van der Waals surface area contributed by atoms with Crippen LogP contribution < -0.4 is 28.4 Å². The second-order valence-electron chi connectivity index (χ2n) is 32.9. The zero-order valence-electron chi connectivity index (χ0n) is 66.7. The molecule has 7 heterocycles. The first kappa shape index (κ1) is 82.7. The highest BCUT2D eigenvalue weighted by atomic mass is 16.7. The van der Waals surface area contributed by atoms with Gasteiger partial charge in [-0.25, -0.2) is 0 Å². The lowest BCUT2D eigenvalue weighted by molar-refractivity contribution is -0.132. The number of aromatic amines is 5. The summed E-state index contributed by atoms with van der Waals surface area (Å²) in [5.74, 6) is 3.52. The Bertz CT molecular complexity index is 7850. The molecule has 0 radical (unpaired) electrons. The minimum atomic E-state index is -0.397. The predicted octanol–water partition coefficient (Wildman–Crippen LogP) is 29.1. The number of aromatic nitrogens is 5. The van der Waals surface area contributed by atoms with Gasteiger partial charge in [0, 0.05) is 119 Å². The number of ether oxygens (including phenoxy) is 6. The van der Waals surface area contributed by atoms with Crippen molar-refractivity contribution in [3.63, 3.8) is 0 Å². The minimum Gasteiger partial charge on any atom is -0.454 e. The monoisotopic (exact) mass is 1650 g/mol. The molecule has 624 valence electrons. The zero-order chi connectivity index (χ0) is 79.9. The van der Waals surface area contributed by atoms with Gasteiger partial charge in [0.2, 0.25) is 13.6 Å². The highest BCUT2D eigenvalue weighted by molar-refractivity contribution is 6.18. The molecule has 0 atom stereocenters. The van der Waals surface area contributed by atoms with E-state index in [1.165, 1.54) is 201 Å². The summed E-state index contributed by atoms with van der Waals surface area (Å²) in [6.07, 6.45) is 4.69. The van der Waals surface area contributed by atoms with Gasteiger partial charge in [-0.1, -0.05) is 201 Å². The van der Waals surface area contributed by atoms with E-state index in [1.54, 1.807) is 0 Å². The Morgan fingerprint density at radius 3 is 1.30 bits per heavy atom. The van der Waals surface area contributed by atoms with Crippen molar-refractivity contribution in [2.24, 2.45) is 0 Å². The number of para-hydroxylation sites is 2. The molecule has 5 aromatic heterocycles. The molecule has 0 saturated heterocycles. The summed E-state index contributed by atoms with van der Waals surface area (Å²) < 4.78 is 33.6. The summed E-state index contributed by atoms with van der Waals surface area (Å²) in [6.45, 7) is 14.4. The van der Waals surface area contributed by atoms with Crippen molar-refractivity contribution < 1.29 is 38.0 Å². The van der Waals surface area contributed by atoms with Crippen LogP contribution in [0.25, 0.3) is 165 Å². The van der Waals surface area contributed by atoms with Gasteiger partial charge in [0.25, 0.3) is 0 Å². The molecule has 20 aromatic rings. The van der Waals surface area contributed by atoms with Crippen LogP contribution in [-0.2, 0) is 41.7 Å². The van der Waals surface area contributed by atoms with Crippen LogP contribution in [0.2, 0.25) is 0 Å². The first-order valence-corrected chi connectivity index (χ1v) is 40.9. The Morgan fingerprint density at radius 1 is 0.272 bits per heavy atom. The van der Waals surface area contributed by atoms with Gasteiger partial charge >= 0.3 is 11.9 Å². The number of hydrogen-bond acceptors (Lipinski definition) is 8. The smallest absolute Gasteiger partial charge is 0.308 e. The molecule has 15 aromatic carbocycles. The molecule has 125 heavy (non-hydrogen) atoms. The Balaban J connectivity index is 0.000000110. The van der Waals surface area contributed by atoms with Crippen molar-refractivity contribution in [1.29, 1.82) is 0 Å². The number of carbonyl (C=O) groups excluding carboxylic acids is 2. The maximum Gasteiger partial charge on any atom is 0.308 e. The molecule has 0 bridgehead atoms. The average molecular weight is 1650 g/mol. The van der Waals surface area contributed by atoms with Gasteiger partial charge in [-0.3, -0.25) is 9.59 Å². The molecular weight excluding hydrogens is 1540 g/mol. The maximum absolute atomic E-state index is 11.9. The van der Waals surface area contributed by atoms with Crippen LogP contribution in [0.15, 0.2) is 237 Å². The summed E-state index contributed by atoms with van der Waals surface area (Å²) in [5, 5.41) is 12.1. The lowest BCUT2D eigenvalue weighted by atomic mass is 9.97. The van der Waals surface area contributed by atoms with Gasteiger partial charge in [0.1, 0.15) is 5.75 Å². The number of hydrogen-bond donors (Lipinski definition) is 5. The Morgan fingerprint density at radius 2 is 0.664 bits per heavy atom. The molecule has 0 amide bonds.